The van der Waals surface area contributed by atoms with Crippen LogP contribution in [0.5, 0.6) is 23.0 Å². The van der Waals surface area contributed by atoms with Gasteiger partial charge < -0.3 is 14.4 Å². The van der Waals surface area contributed by atoms with Gasteiger partial charge in [-0.3, -0.25) is 0 Å². The summed E-state index contributed by atoms with van der Waals surface area (Å²) in [6, 6.07) is 61.4. The van der Waals surface area contributed by atoms with E-state index in [4.69, 9.17) is 9.47 Å². The molecule has 47 heavy (non-hydrogen) atoms. The zero-order chi connectivity index (χ0) is 31.2. The largest absolute Gasteiger partial charge is 0.453 e. The molecule has 1 heterocycles. The van der Waals surface area contributed by atoms with Gasteiger partial charge in [0.1, 0.15) is 11.5 Å². The third kappa shape index (κ3) is 4.77. The van der Waals surface area contributed by atoms with E-state index in [1.54, 1.807) is 0 Å². The van der Waals surface area contributed by atoms with Gasteiger partial charge in [0.2, 0.25) is 0 Å². The van der Waals surface area contributed by atoms with Crippen molar-refractivity contribution in [2.75, 3.05) is 4.90 Å². The molecule has 0 spiro atoms. The molecule has 0 radical (unpaired) electrons. The number of para-hydroxylation sites is 2. The Labute approximate surface area is 273 Å². The highest BCUT2D eigenvalue weighted by atomic mass is 16.5. The van der Waals surface area contributed by atoms with Crippen molar-refractivity contribution >= 4 is 38.6 Å². The van der Waals surface area contributed by atoms with Crippen LogP contribution in [0.2, 0.25) is 0 Å². The topological polar surface area (TPSA) is 21.7 Å². The maximum absolute atomic E-state index is 6.55. The Morgan fingerprint density at radius 2 is 0.957 bits per heavy atom. The minimum atomic E-state index is 0.687. The molecule has 0 aliphatic carbocycles. The number of hydrogen-bond acceptors (Lipinski definition) is 3. The summed E-state index contributed by atoms with van der Waals surface area (Å²) < 4.78 is 13.0. The van der Waals surface area contributed by atoms with Crippen LogP contribution in [0.1, 0.15) is 0 Å². The van der Waals surface area contributed by atoms with Crippen molar-refractivity contribution in [3.8, 4) is 45.3 Å². The van der Waals surface area contributed by atoms with E-state index in [0.29, 0.717) is 11.5 Å². The molecule has 0 bridgehead atoms. The van der Waals surface area contributed by atoms with Crippen LogP contribution in [0.25, 0.3) is 43.8 Å². The van der Waals surface area contributed by atoms with E-state index in [0.717, 1.165) is 50.5 Å². The predicted molar refractivity (Wildman–Crippen MR) is 194 cm³/mol. The second-order valence-corrected chi connectivity index (χ2v) is 11.7. The number of anilines is 3. The van der Waals surface area contributed by atoms with Gasteiger partial charge in [-0.2, -0.15) is 0 Å². The lowest BCUT2D eigenvalue weighted by Crippen LogP contribution is -2.11. The van der Waals surface area contributed by atoms with Crippen LogP contribution in [0.15, 0.2) is 176 Å². The van der Waals surface area contributed by atoms with Crippen molar-refractivity contribution in [3.63, 3.8) is 0 Å². The van der Waals surface area contributed by atoms with E-state index in [2.05, 4.69) is 150 Å². The first-order chi connectivity index (χ1) is 23.3. The first-order valence-electron chi connectivity index (χ1n) is 15.8. The molecule has 0 aromatic heterocycles. The number of hydrogen-bond donors (Lipinski definition) is 0. The summed E-state index contributed by atoms with van der Waals surface area (Å²) in [4.78, 5) is 2.32. The summed E-state index contributed by atoms with van der Waals surface area (Å²) in [6.45, 7) is 0. The summed E-state index contributed by atoms with van der Waals surface area (Å²) in [5.74, 6) is 2.97. The molecule has 1 aliphatic rings. The fraction of sp³-hybridized carbons (Fsp3) is 0. The average molecular weight is 604 g/mol. The van der Waals surface area contributed by atoms with Crippen molar-refractivity contribution in [3.05, 3.63) is 176 Å². The van der Waals surface area contributed by atoms with Crippen molar-refractivity contribution in [2.24, 2.45) is 0 Å². The monoisotopic (exact) mass is 603 g/mol. The second-order valence-electron chi connectivity index (χ2n) is 11.7. The minimum absolute atomic E-state index is 0.687. The fourth-order valence-electron chi connectivity index (χ4n) is 6.70. The Kier molecular flexibility index (Phi) is 6.46. The molecule has 0 fully saturated rings. The Bertz CT molecular complexity index is 2400. The molecule has 0 N–H and O–H groups in total. The Balaban J connectivity index is 1.15. The van der Waals surface area contributed by atoms with Crippen molar-refractivity contribution in [1.82, 2.24) is 0 Å². The standard InChI is InChI=1S/C44H29NO2/c1-2-15-34(16-3-1)45(35-26-23-31(24-27-35)37-19-8-12-30-11-4-5-17-36(30)37)39-20-7-6-18-38(39)33-25-28-40-43(29-33)47-42-22-10-14-32-13-9-21-41(46-40)44(32)42/h1-29H. The first kappa shape index (κ1) is 27.0. The van der Waals surface area contributed by atoms with Gasteiger partial charge in [-0.05, 0) is 87.4 Å². The van der Waals surface area contributed by atoms with Gasteiger partial charge in [-0.15, -0.1) is 0 Å². The minimum Gasteiger partial charge on any atom is -0.453 e. The van der Waals surface area contributed by atoms with Crippen LogP contribution in [0.4, 0.5) is 17.1 Å². The Hall–Kier alpha value is -6.32. The van der Waals surface area contributed by atoms with Crippen molar-refractivity contribution < 1.29 is 9.47 Å². The fourth-order valence-corrected chi connectivity index (χ4v) is 6.70. The lowest BCUT2D eigenvalue weighted by atomic mass is 9.97. The van der Waals surface area contributed by atoms with Gasteiger partial charge in [0.25, 0.3) is 0 Å². The first-order valence-corrected chi connectivity index (χ1v) is 15.8. The molecular weight excluding hydrogens is 574 g/mol. The molecule has 9 rings (SSSR count). The molecule has 1 aliphatic heterocycles. The molecule has 0 amide bonds. The zero-order valence-corrected chi connectivity index (χ0v) is 25.5. The van der Waals surface area contributed by atoms with Crippen LogP contribution < -0.4 is 14.4 Å². The molecule has 222 valence electrons. The lowest BCUT2D eigenvalue weighted by Gasteiger charge is -2.28. The summed E-state index contributed by atoms with van der Waals surface area (Å²) in [7, 11) is 0. The highest BCUT2D eigenvalue weighted by Crippen LogP contribution is 2.48. The number of benzene rings is 8. The van der Waals surface area contributed by atoms with Gasteiger partial charge in [-0.1, -0.05) is 121 Å². The van der Waals surface area contributed by atoms with E-state index in [9.17, 15) is 0 Å². The Morgan fingerprint density at radius 3 is 1.79 bits per heavy atom. The Morgan fingerprint density at radius 1 is 0.362 bits per heavy atom. The van der Waals surface area contributed by atoms with E-state index < -0.39 is 0 Å². The van der Waals surface area contributed by atoms with Crippen molar-refractivity contribution in [1.29, 1.82) is 0 Å². The molecular formula is C44H29NO2. The van der Waals surface area contributed by atoms with Crippen LogP contribution in [0, 0.1) is 0 Å². The zero-order valence-electron chi connectivity index (χ0n) is 25.5. The smallest absolute Gasteiger partial charge is 0.170 e. The molecule has 8 aromatic rings. The second kappa shape index (κ2) is 11.2. The lowest BCUT2D eigenvalue weighted by molar-refractivity contribution is 0.439. The number of fused-ring (bicyclic) bond motifs is 2. The average Bonchev–Trinajstić information content (AvgIpc) is 3.30. The number of rotatable bonds is 5. The van der Waals surface area contributed by atoms with Crippen LogP contribution in [-0.2, 0) is 0 Å². The highest BCUT2D eigenvalue weighted by Gasteiger charge is 2.21. The van der Waals surface area contributed by atoms with E-state index in [1.165, 1.54) is 21.9 Å². The predicted octanol–water partition coefficient (Wildman–Crippen LogP) is 12.7. The summed E-state index contributed by atoms with van der Waals surface area (Å²) >= 11 is 0. The molecule has 0 unspecified atom stereocenters. The summed E-state index contributed by atoms with van der Waals surface area (Å²) in [5, 5.41) is 4.56. The normalized spacial score (nSPS) is 11.7. The van der Waals surface area contributed by atoms with Gasteiger partial charge >= 0.3 is 0 Å². The number of nitrogens with zero attached hydrogens (tertiary/aromatic N) is 1. The van der Waals surface area contributed by atoms with E-state index in [1.807, 2.05) is 30.3 Å². The third-order valence-electron chi connectivity index (χ3n) is 8.91. The van der Waals surface area contributed by atoms with E-state index in [-0.39, 0.29) is 0 Å². The molecule has 0 saturated heterocycles. The van der Waals surface area contributed by atoms with Gasteiger partial charge in [0.05, 0.1) is 11.1 Å². The molecule has 3 nitrogen and oxygen atoms in total. The molecule has 8 aromatic carbocycles. The molecule has 3 heteroatoms. The van der Waals surface area contributed by atoms with Crippen molar-refractivity contribution in [2.45, 2.75) is 0 Å². The van der Waals surface area contributed by atoms with Crippen LogP contribution in [-0.4, -0.2) is 0 Å². The van der Waals surface area contributed by atoms with Crippen LogP contribution in [0.3, 0.4) is 0 Å². The number of ether oxygens (including phenoxy) is 2. The summed E-state index contributed by atoms with van der Waals surface area (Å²) in [6.07, 6.45) is 0. The maximum Gasteiger partial charge on any atom is 0.170 e. The summed E-state index contributed by atoms with van der Waals surface area (Å²) in [5.41, 5.74) is 7.75. The quantitative estimate of drug-likeness (QED) is 0.195. The van der Waals surface area contributed by atoms with Crippen LogP contribution >= 0.6 is 0 Å². The molecule has 0 atom stereocenters. The van der Waals surface area contributed by atoms with E-state index >= 15 is 0 Å². The SMILES string of the molecule is c1ccc(N(c2ccc(-c3cccc4ccccc34)cc2)c2ccccc2-c2ccc3c(c2)Oc2cccc4cccc(c24)O3)cc1. The highest BCUT2D eigenvalue weighted by molar-refractivity contribution is 5.98. The van der Waals surface area contributed by atoms with Gasteiger partial charge in [0, 0.05) is 16.9 Å². The van der Waals surface area contributed by atoms with Gasteiger partial charge in [0.15, 0.2) is 11.5 Å². The maximum atomic E-state index is 6.55. The third-order valence-corrected chi connectivity index (χ3v) is 8.91. The van der Waals surface area contributed by atoms with Gasteiger partial charge in [-0.25, -0.2) is 0 Å². The molecule has 0 saturated carbocycles.